The first-order chi connectivity index (χ1) is 35.5. The van der Waals surface area contributed by atoms with Gasteiger partial charge in [0.05, 0.1) is 0 Å². The molecule has 0 radical (unpaired) electrons. The second kappa shape index (κ2) is 60.1. The molecule has 6 heteroatoms. The second-order valence-corrected chi connectivity index (χ2v) is 20.2. The van der Waals surface area contributed by atoms with Crippen molar-refractivity contribution in [1.29, 1.82) is 0 Å². The lowest BCUT2D eigenvalue weighted by molar-refractivity contribution is -0.167. The molecule has 0 rings (SSSR count). The molecule has 0 bridgehead atoms. The standard InChI is InChI=1S/C66H114O6/c1-4-7-10-13-16-19-22-24-26-28-30-31-32-33-34-35-36-38-39-41-44-47-50-53-56-59-65(68)71-62-63(61-70-64(67)58-55-52-49-46-43-21-18-15-12-9-6-3)72-66(69)60-57-54-51-48-45-42-40-37-29-27-25-23-20-17-14-11-8-5-2/h7,10,16,19,24,26,30-31,33-34,36,38,41,44,63H,4-6,8-9,11-15,17-18,20-23,25,27-29,32,35,37,39-40,42-43,45-62H2,1-3H3/b10-7-,19-16-,26-24-,31-30-,34-33-,38-36-,44-41-. The summed E-state index contributed by atoms with van der Waals surface area (Å²) in [4.78, 5) is 38.2. The van der Waals surface area contributed by atoms with Crippen molar-refractivity contribution >= 4 is 17.9 Å². The van der Waals surface area contributed by atoms with Crippen molar-refractivity contribution in [3.8, 4) is 0 Å². The third-order valence-corrected chi connectivity index (χ3v) is 13.2. The molecule has 0 fully saturated rings. The van der Waals surface area contributed by atoms with Crippen LogP contribution in [0.1, 0.15) is 297 Å². The van der Waals surface area contributed by atoms with Crippen LogP contribution in [0.15, 0.2) is 85.1 Å². The number of carbonyl (C=O) groups is 3. The molecular weight excluding hydrogens is 889 g/mol. The van der Waals surface area contributed by atoms with Crippen LogP contribution in [-0.2, 0) is 28.6 Å². The van der Waals surface area contributed by atoms with Crippen LogP contribution in [-0.4, -0.2) is 37.2 Å². The number of rotatable bonds is 55. The zero-order valence-electron chi connectivity index (χ0n) is 47.4. The van der Waals surface area contributed by atoms with Crippen LogP contribution < -0.4 is 0 Å². The van der Waals surface area contributed by atoms with Gasteiger partial charge >= 0.3 is 17.9 Å². The number of hydrogen-bond acceptors (Lipinski definition) is 6. The Morgan fingerprint density at radius 1 is 0.292 bits per heavy atom. The highest BCUT2D eigenvalue weighted by Gasteiger charge is 2.19. The van der Waals surface area contributed by atoms with Crippen molar-refractivity contribution < 1.29 is 28.6 Å². The van der Waals surface area contributed by atoms with Crippen LogP contribution in [0.3, 0.4) is 0 Å². The summed E-state index contributed by atoms with van der Waals surface area (Å²) in [6.45, 7) is 6.52. The van der Waals surface area contributed by atoms with Crippen molar-refractivity contribution in [3.63, 3.8) is 0 Å². The van der Waals surface area contributed by atoms with E-state index in [1.807, 2.05) is 0 Å². The van der Waals surface area contributed by atoms with E-state index in [2.05, 4.69) is 106 Å². The summed E-state index contributed by atoms with van der Waals surface area (Å²) in [5.41, 5.74) is 0. The Balaban J connectivity index is 4.36. The van der Waals surface area contributed by atoms with Crippen molar-refractivity contribution in [3.05, 3.63) is 85.1 Å². The summed E-state index contributed by atoms with van der Waals surface area (Å²) >= 11 is 0. The molecule has 1 unspecified atom stereocenters. The Kier molecular flexibility index (Phi) is 57.3. The normalized spacial score (nSPS) is 12.7. The second-order valence-electron chi connectivity index (χ2n) is 20.2. The predicted molar refractivity (Wildman–Crippen MR) is 311 cm³/mol. The van der Waals surface area contributed by atoms with Gasteiger partial charge in [-0.1, -0.05) is 286 Å². The summed E-state index contributed by atoms with van der Waals surface area (Å²) < 4.78 is 16.9. The molecule has 0 spiro atoms. The van der Waals surface area contributed by atoms with Gasteiger partial charge in [-0.25, -0.2) is 0 Å². The van der Waals surface area contributed by atoms with Crippen LogP contribution in [0.25, 0.3) is 0 Å². The fourth-order valence-electron chi connectivity index (χ4n) is 8.60. The van der Waals surface area contributed by atoms with E-state index in [1.165, 1.54) is 148 Å². The largest absolute Gasteiger partial charge is 0.462 e. The van der Waals surface area contributed by atoms with Gasteiger partial charge in [-0.05, 0) is 77.0 Å². The zero-order valence-corrected chi connectivity index (χ0v) is 47.4. The van der Waals surface area contributed by atoms with Gasteiger partial charge in [0.25, 0.3) is 0 Å². The summed E-state index contributed by atoms with van der Waals surface area (Å²) in [5, 5.41) is 0. The van der Waals surface area contributed by atoms with E-state index in [0.717, 1.165) is 109 Å². The maximum atomic E-state index is 12.9. The van der Waals surface area contributed by atoms with Crippen LogP contribution in [0.5, 0.6) is 0 Å². The molecule has 0 aliphatic rings. The summed E-state index contributed by atoms with van der Waals surface area (Å²) in [7, 11) is 0. The van der Waals surface area contributed by atoms with Crippen molar-refractivity contribution in [2.75, 3.05) is 13.2 Å². The topological polar surface area (TPSA) is 78.9 Å². The van der Waals surface area contributed by atoms with E-state index < -0.39 is 6.10 Å². The van der Waals surface area contributed by atoms with Crippen LogP contribution in [0.2, 0.25) is 0 Å². The van der Waals surface area contributed by atoms with E-state index in [0.29, 0.717) is 19.3 Å². The Morgan fingerprint density at radius 3 is 0.847 bits per heavy atom. The number of hydrogen-bond donors (Lipinski definition) is 0. The maximum Gasteiger partial charge on any atom is 0.306 e. The fraction of sp³-hybridized carbons (Fsp3) is 0.742. The van der Waals surface area contributed by atoms with Gasteiger partial charge in [0.2, 0.25) is 0 Å². The molecule has 72 heavy (non-hydrogen) atoms. The highest BCUT2D eigenvalue weighted by molar-refractivity contribution is 5.71. The van der Waals surface area contributed by atoms with Crippen LogP contribution >= 0.6 is 0 Å². The van der Waals surface area contributed by atoms with E-state index in [1.54, 1.807) is 0 Å². The lowest BCUT2D eigenvalue weighted by Gasteiger charge is -2.18. The molecule has 0 heterocycles. The van der Waals surface area contributed by atoms with Gasteiger partial charge < -0.3 is 14.2 Å². The lowest BCUT2D eigenvalue weighted by atomic mass is 10.0. The third-order valence-electron chi connectivity index (χ3n) is 13.2. The lowest BCUT2D eigenvalue weighted by Crippen LogP contribution is -2.30. The molecular formula is C66H114O6. The highest BCUT2D eigenvalue weighted by Crippen LogP contribution is 2.16. The van der Waals surface area contributed by atoms with Gasteiger partial charge in [0, 0.05) is 19.3 Å². The van der Waals surface area contributed by atoms with Crippen LogP contribution in [0, 0.1) is 0 Å². The molecule has 0 aromatic carbocycles. The SMILES string of the molecule is CC/C=C\C/C=C\C/C=C\C/C=C\C/C=C\C/C=C\C/C=C\CCCCCC(=O)OCC(COC(=O)CCCCCCCCCCCCC)OC(=O)CCCCCCCCCCCCCCCCCCCC. The molecule has 0 saturated heterocycles. The number of esters is 3. The summed E-state index contributed by atoms with van der Waals surface area (Å²) in [5.74, 6) is -0.906. The zero-order chi connectivity index (χ0) is 52.2. The van der Waals surface area contributed by atoms with Crippen LogP contribution in [0.4, 0.5) is 0 Å². The average molecular weight is 1000 g/mol. The monoisotopic (exact) mass is 1000 g/mol. The summed E-state index contributed by atoms with van der Waals surface area (Å²) in [6, 6.07) is 0. The number of ether oxygens (including phenoxy) is 3. The van der Waals surface area contributed by atoms with Gasteiger partial charge in [0.15, 0.2) is 6.10 Å². The van der Waals surface area contributed by atoms with Crippen molar-refractivity contribution in [1.82, 2.24) is 0 Å². The first-order valence-electron chi connectivity index (χ1n) is 30.6. The number of unbranched alkanes of at least 4 members (excludes halogenated alkanes) is 30. The predicted octanol–water partition coefficient (Wildman–Crippen LogP) is 20.7. The first-order valence-corrected chi connectivity index (χ1v) is 30.6. The summed E-state index contributed by atoms with van der Waals surface area (Å²) in [6.07, 6.45) is 78.7. The molecule has 0 aliphatic carbocycles. The van der Waals surface area contributed by atoms with Gasteiger partial charge in [-0.15, -0.1) is 0 Å². The minimum Gasteiger partial charge on any atom is -0.462 e. The molecule has 0 amide bonds. The van der Waals surface area contributed by atoms with Gasteiger partial charge in [-0.2, -0.15) is 0 Å². The van der Waals surface area contributed by atoms with Gasteiger partial charge in [-0.3, -0.25) is 14.4 Å². The molecule has 0 saturated carbocycles. The van der Waals surface area contributed by atoms with E-state index in [-0.39, 0.29) is 31.1 Å². The maximum absolute atomic E-state index is 12.9. The molecule has 1 atom stereocenters. The molecule has 414 valence electrons. The fourth-order valence-corrected chi connectivity index (χ4v) is 8.60. The number of carbonyl (C=O) groups excluding carboxylic acids is 3. The minimum absolute atomic E-state index is 0.0834. The van der Waals surface area contributed by atoms with Crippen molar-refractivity contribution in [2.45, 2.75) is 303 Å². The average Bonchev–Trinajstić information content (AvgIpc) is 3.38. The Hall–Kier alpha value is -3.41. The Labute approximate surface area is 445 Å². The highest BCUT2D eigenvalue weighted by atomic mass is 16.6. The van der Waals surface area contributed by atoms with E-state index in [4.69, 9.17) is 14.2 Å². The molecule has 0 aromatic rings. The molecule has 0 N–H and O–H groups in total. The molecule has 0 aliphatic heterocycles. The molecule has 0 aromatic heterocycles. The smallest absolute Gasteiger partial charge is 0.306 e. The third kappa shape index (κ3) is 57.5. The minimum atomic E-state index is -0.787. The van der Waals surface area contributed by atoms with E-state index in [9.17, 15) is 14.4 Å². The molecule has 6 nitrogen and oxygen atoms in total. The Morgan fingerprint density at radius 2 is 0.542 bits per heavy atom. The first kappa shape index (κ1) is 68.6. The Bertz CT molecular complexity index is 1380. The van der Waals surface area contributed by atoms with Crippen molar-refractivity contribution in [2.24, 2.45) is 0 Å². The number of allylic oxidation sites excluding steroid dienone is 14. The van der Waals surface area contributed by atoms with Gasteiger partial charge in [0.1, 0.15) is 13.2 Å². The van der Waals surface area contributed by atoms with E-state index >= 15 is 0 Å². The quantitative estimate of drug-likeness (QED) is 0.0261.